The van der Waals surface area contributed by atoms with Crippen LogP contribution in [0.4, 0.5) is 5.69 Å². The molecule has 0 radical (unpaired) electrons. The molecular formula is C15H18N4O4. The van der Waals surface area contributed by atoms with E-state index in [-0.39, 0.29) is 24.5 Å². The maximum atomic E-state index is 11.8. The third kappa shape index (κ3) is 4.35. The fourth-order valence-corrected chi connectivity index (χ4v) is 2.28. The van der Waals surface area contributed by atoms with Crippen LogP contribution in [0.1, 0.15) is 23.4 Å². The molecule has 0 fully saturated rings. The van der Waals surface area contributed by atoms with E-state index in [1.807, 2.05) is 12.1 Å². The first kappa shape index (κ1) is 16.6. The number of aryl methyl sites for hydroxylation is 2. The smallest absolute Gasteiger partial charge is 0.327 e. The van der Waals surface area contributed by atoms with Gasteiger partial charge >= 0.3 is 11.7 Å². The van der Waals surface area contributed by atoms with Gasteiger partial charge in [0.1, 0.15) is 17.9 Å². The Hall–Kier alpha value is -2.77. The standard InChI is InChI=1S/C15H18N4O4/c1-11-15(19(21)22)12(2)18(17-11)10-14(20)23-8-4-6-13-5-3-7-16-9-13/h3,5,7,9H,4,6,8,10H2,1-2H3. The average molecular weight is 318 g/mol. The fourth-order valence-electron chi connectivity index (χ4n) is 2.28. The van der Waals surface area contributed by atoms with Crippen LogP contribution in [0.2, 0.25) is 0 Å². The van der Waals surface area contributed by atoms with Crippen LogP contribution in [0, 0.1) is 24.0 Å². The minimum absolute atomic E-state index is 0.0608. The highest BCUT2D eigenvalue weighted by Gasteiger charge is 2.22. The third-order valence-corrected chi connectivity index (χ3v) is 3.40. The first-order valence-corrected chi connectivity index (χ1v) is 7.22. The van der Waals surface area contributed by atoms with E-state index in [4.69, 9.17) is 4.74 Å². The second kappa shape index (κ2) is 7.48. The summed E-state index contributed by atoms with van der Waals surface area (Å²) in [5, 5.41) is 14.9. The van der Waals surface area contributed by atoms with Crippen LogP contribution in [0.15, 0.2) is 24.5 Å². The molecule has 0 aliphatic carbocycles. The number of rotatable bonds is 7. The second-order valence-electron chi connectivity index (χ2n) is 5.12. The number of nitro groups is 1. The lowest BCUT2D eigenvalue weighted by molar-refractivity contribution is -0.386. The van der Waals surface area contributed by atoms with Gasteiger partial charge in [-0.25, -0.2) is 0 Å². The van der Waals surface area contributed by atoms with E-state index in [0.29, 0.717) is 12.1 Å². The van der Waals surface area contributed by atoms with E-state index in [1.54, 1.807) is 26.2 Å². The Morgan fingerprint density at radius 3 is 2.83 bits per heavy atom. The molecule has 2 aromatic rings. The summed E-state index contributed by atoms with van der Waals surface area (Å²) in [5.74, 6) is -0.461. The highest BCUT2D eigenvalue weighted by molar-refractivity contribution is 5.69. The van der Waals surface area contributed by atoms with Crippen LogP contribution in [0.25, 0.3) is 0 Å². The van der Waals surface area contributed by atoms with Crippen LogP contribution < -0.4 is 0 Å². The number of ether oxygens (including phenoxy) is 1. The Kier molecular flexibility index (Phi) is 5.40. The fraction of sp³-hybridized carbons (Fsp3) is 0.400. The van der Waals surface area contributed by atoms with Gasteiger partial charge in [0.2, 0.25) is 0 Å². The van der Waals surface area contributed by atoms with Gasteiger partial charge in [-0.15, -0.1) is 0 Å². The normalized spacial score (nSPS) is 10.5. The molecular weight excluding hydrogens is 300 g/mol. The summed E-state index contributed by atoms with van der Waals surface area (Å²) >= 11 is 0. The van der Waals surface area contributed by atoms with E-state index < -0.39 is 10.9 Å². The number of nitrogens with zero attached hydrogens (tertiary/aromatic N) is 4. The van der Waals surface area contributed by atoms with E-state index in [1.165, 1.54) is 4.68 Å². The molecule has 0 spiro atoms. The van der Waals surface area contributed by atoms with Crippen LogP contribution in [0.5, 0.6) is 0 Å². The molecule has 0 atom stereocenters. The number of carbonyl (C=O) groups is 1. The molecule has 23 heavy (non-hydrogen) atoms. The van der Waals surface area contributed by atoms with Gasteiger partial charge in [0.25, 0.3) is 0 Å². The minimum atomic E-state index is -0.493. The largest absolute Gasteiger partial charge is 0.464 e. The Labute approximate surface area is 133 Å². The van der Waals surface area contributed by atoms with E-state index >= 15 is 0 Å². The summed E-state index contributed by atoms with van der Waals surface area (Å²) in [6, 6.07) is 3.82. The second-order valence-corrected chi connectivity index (χ2v) is 5.12. The maximum absolute atomic E-state index is 11.8. The van der Waals surface area contributed by atoms with Gasteiger partial charge in [-0.2, -0.15) is 5.10 Å². The zero-order chi connectivity index (χ0) is 16.8. The molecule has 2 aromatic heterocycles. The van der Waals surface area contributed by atoms with Gasteiger partial charge in [-0.1, -0.05) is 6.07 Å². The Balaban J connectivity index is 1.81. The molecule has 0 unspecified atom stereocenters. The van der Waals surface area contributed by atoms with Crippen molar-refractivity contribution >= 4 is 11.7 Å². The number of hydrogen-bond donors (Lipinski definition) is 0. The molecule has 0 amide bonds. The Bertz CT molecular complexity index is 697. The number of carbonyl (C=O) groups excluding carboxylic acids is 1. The first-order chi connectivity index (χ1) is 11.0. The molecule has 0 aliphatic heterocycles. The zero-order valence-corrected chi connectivity index (χ0v) is 13.1. The number of aromatic nitrogens is 3. The summed E-state index contributed by atoms with van der Waals surface area (Å²) in [5.41, 5.74) is 1.66. The summed E-state index contributed by atoms with van der Waals surface area (Å²) in [6.07, 6.45) is 4.94. The first-order valence-electron chi connectivity index (χ1n) is 7.22. The van der Waals surface area contributed by atoms with Crippen LogP contribution in [-0.4, -0.2) is 32.3 Å². The maximum Gasteiger partial charge on any atom is 0.327 e. The molecule has 122 valence electrons. The number of pyridine rings is 1. The Morgan fingerprint density at radius 2 is 2.22 bits per heavy atom. The average Bonchev–Trinajstić information content (AvgIpc) is 2.79. The van der Waals surface area contributed by atoms with Crippen LogP contribution in [0.3, 0.4) is 0 Å². The van der Waals surface area contributed by atoms with Crippen molar-refractivity contribution in [2.24, 2.45) is 0 Å². The van der Waals surface area contributed by atoms with Crippen molar-refractivity contribution in [1.82, 2.24) is 14.8 Å². The molecule has 0 aliphatic rings. The monoisotopic (exact) mass is 318 g/mol. The third-order valence-electron chi connectivity index (χ3n) is 3.40. The lowest BCUT2D eigenvalue weighted by Crippen LogP contribution is -2.16. The molecule has 0 saturated heterocycles. The highest BCUT2D eigenvalue weighted by Crippen LogP contribution is 2.21. The van der Waals surface area contributed by atoms with Gasteiger partial charge in [-0.05, 0) is 38.3 Å². The highest BCUT2D eigenvalue weighted by atomic mass is 16.6. The van der Waals surface area contributed by atoms with Crippen molar-refractivity contribution in [3.05, 3.63) is 51.6 Å². The topological polar surface area (TPSA) is 100 Å². The lowest BCUT2D eigenvalue weighted by atomic mass is 10.2. The molecule has 0 aromatic carbocycles. The minimum Gasteiger partial charge on any atom is -0.464 e. The quantitative estimate of drug-likeness (QED) is 0.335. The van der Waals surface area contributed by atoms with Crippen molar-refractivity contribution in [1.29, 1.82) is 0 Å². The van der Waals surface area contributed by atoms with E-state index in [2.05, 4.69) is 10.1 Å². The van der Waals surface area contributed by atoms with Gasteiger partial charge in [-0.3, -0.25) is 24.6 Å². The van der Waals surface area contributed by atoms with Gasteiger partial charge < -0.3 is 4.74 Å². The predicted molar refractivity (Wildman–Crippen MR) is 81.9 cm³/mol. The summed E-state index contributed by atoms with van der Waals surface area (Å²) < 4.78 is 6.44. The van der Waals surface area contributed by atoms with Crippen molar-refractivity contribution in [2.45, 2.75) is 33.2 Å². The van der Waals surface area contributed by atoms with Crippen LogP contribution >= 0.6 is 0 Å². The SMILES string of the molecule is Cc1nn(CC(=O)OCCCc2cccnc2)c(C)c1[N+](=O)[O-]. The molecule has 0 saturated carbocycles. The molecule has 0 bridgehead atoms. The number of hydrogen-bond acceptors (Lipinski definition) is 6. The number of esters is 1. The van der Waals surface area contributed by atoms with Crippen molar-refractivity contribution in [3.8, 4) is 0 Å². The summed E-state index contributed by atoms with van der Waals surface area (Å²) in [6.45, 7) is 3.26. The molecule has 8 heteroatoms. The summed E-state index contributed by atoms with van der Waals surface area (Å²) in [7, 11) is 0. The lowest BCUT2D eigenvalue weighted by Gasteiger charge is -2.06. The van der Waals surface area contributed by atoms with Crippen molar-refractivity contribution < 1.29 is 14.5 Å². The Morgan fingerprint density at radius 1 is 1.43 bits per heavy atom. The van der Waals surface area contributed by atoms with E-state index in [0.717, 1.165) is 12.0 Å². The van der Waals surface area contributed by atoms with Gasteiger partial charge in [0.15, 0.2) is 0 Å². The molecule has 8 nitrogen and oxygen atoms in total. The van der Waals surface area contributed by atoms with Crippen molar-refractivity contribution in [3.63, 3.8) is 0 Å². The molecule has 2 rings (SSSR count). The van der Waals surface area contributed by atoms with Gasteiger partial charge in [0, 0.05) is 12.4 Å². The predicted octanol–water partition coefficient (Wildman–Crippen LogP) is 1.98. The van der Waals surface area contributed by atoms with Crippen molar-refractivity contribution in [2.75, 3.05) is 6.61 Å². The molecule has 0 N–H and O–H groups in total. The summed E-state index contributed by atoms with van der Waals surface area (Å²) in [4.78, 5) is 26.2. The van der Waals surface area contributed by atoms with E-state index in [9.17, 15) is 14.9 Å². The van der Waals surface area contributed by atoms with Gasteiger partial charge in [0.05, 0.1) is 11.5 Å². The zero-order valence-electron chi connectivity index (χ0n) is 13.1. The molecule has 2 heterocycles. The van der Waals surface area contributed by atoms with Crippen LogP contribution in [-0.2, 0) is 22.5 Å².